The third kappa shape index (κ3) is 3.48. The minimum absolute atomic E-state index is 0.0452. The van der Waals surface area contributed by atoms with Crippen LogP contribution in [-0.4, -0.2) is 34.5 Å². The predicted octanol–water partition coefficient (Wildman–Crippen LogP) is 3.06. The highest BCUT2D eigenvalue weighted by Crippen LogP contribution is 2.40. The molecule has 0 aliphatic heterocycles. The topological polar surface area (TPSA) is 57.6 Å². The number of carbonyl (C=O) groups is 2. The number of rotatable bonds is 5. The van der Waals surface area contributed by atoms with Crippen molar-refractivity contribution in [1.29, 1.82) is 0 Å². The molecule has 0 heterocycles. The number of hydrogen-bond donors (Lipinski definition) is 1. The molecule has 0 spiro atoms. The average Bonchev–Trinajstić information content (AvgIpc) is 2.38. The van der Waals surface area contributed by atoms with E-state index in [4.69, 9.17) is 0 Å². The van der Waals surface area contributed by atoms with Crippen LogP contribution in [0.2, 0.25) is 0 Å². The van der Waals surface area contributed by atoms with Crippen molar-refractivity contribution in [2.75, 3.05) is 7.05 Å². The number of carboxylic acid groups (broad SMARTS) is 1. The van der Waals surface area contributed by atoms with Crippen molar-refractivity contribution in [2.45, 2.75) is 71.3 Å². The van der Waals surface area contributed by atoms with Gasteiger partial charge in [-0.2, -0.15) is 0 Å². The third-order valence-corrected chi connectivity index (χ3v) is 4.90. The standard InChI is InChI=1S/C15H27NO3/c1-5-14(2,3)16(4)12(17)11-15(13(18)19)9-7-6-8-10-15/h5-11H2,1-4H3,(H,18,19). The Labute approximate surface area is 116 Å². The Hall–Kier alpha value is -1.06. The first-order valence-electron chi connectivity index (χ1n) is 7.25. The third-order valence-electron chi connectivity index (χ3n) is 4.90. The van der Waals surface area contributed by atoms with Crippen molar-refractivity contribution in [3.05, 3.63) is 0 Å². The lowest BCUT2D eigenvalue weighted by Gasteiger charge is -2.39. The Morgan fingerprint density at radius 1 is 1.21 bits per heavy atom. The Bertz CT molecular complexity index is 343. The molecule has 0 bridgehead atoms. The van der Waals surface area contributed by atoms with Crippen LogP contribution in [-0.2, 0) is 9.59 Å². The average molecular weight is 269 g/mol. The zero-order valence-electron chi connectivity index (χ0n) is 12.7. The summed E-state index contributed by atoms with van der Waals surface area (Å²) in [6.45, 7) is 6.07. The molecule has 110 valence electrons. The van der Waals surface area contributed by atoms with Crippen LogP contribution in [0.3, 0.4) is 0 Å². The molecular weight excluding hydrogens is 242 g/mol. The van der Waals surface area contributed by atoms with Gasteiger partial charge in [-0.3, -0.25) is 9.59 Å². The maximum Gasteiger partial charge on any atom is 0.310 e. The molecule has 1 amide bonds. The number of carbonyl (C=O) groups excluding carboxylic acids is 1. The summed E-state index contributed by atoms with van der Waals surface area (Å²) in [4.78, 5) is 25.7. The molecule has 1 aliphatic rings. The summed E-state index contributed by atoms with van der Waals surface area (Å²) in [5.41, 5.74) is -1.04. The fourth-order valence-electron chi connectivity index (χ4n) is 2.68. The quantitative estimate of drug-likeness (QED) is 0.834. The molecule has 0 aromatic rings. The highest BCUT2D eigenvalue weighted by atomic mass is 16.4. The summed E-state index contributed by atoms with van der Waals surface area (Å²) in [5, 5.41) is 9.51. The van der Waals surface area contributed by atoms with Crippen LogP contribution in [0.5, 0.6) is 0 Å². The van der Waals surface area contributed by atoms with E-state index in [0.29, 0.717) is 12.8 Å². The van der Waals surface area contributed by atoms with Gasteiger partial charge in [0.2, 0.25) is 5.91 Å². The minimum atomic E-state index is -0.826. The van der Waals surface area contributed by atoms with Crippen LogP contribution in [0.4, 0.5) is 0 Å². The molecule has 4 heteroatoms. The van der Waals surface area contributed by atoms with Gasteiger partial charge in [-0.1, -0.05) is 26.2 Å². The van der Waals surface area contributed by atoms with Gasteiger partial charge in [-0.25, -0.2) is 0 Å². The maximum absolute atomic E-state index is 12.4. The predicted molar refractivity (Wildman–Crippen MR) is 74.9 cm³/mol. The fraction of sp³-hybridized carbons (Fsp3) is 0.867. The number of amides is 1. The zero-order chi connectivity index (χ0) is 14.7. The summed E-state index contributed by atoms with van der Waals surface area (Å²) < 4.78 is 0. The molecule has 1 N–H and O–H groups in total. The van der Waals surface area contributed by atoms with Crippen LogP contribution < -0.4 is 0 Å². The summed E-state index contributed by atoms with van der Waals surface area (Å²) >= 11 is 0. The first kappa shape index (κ1) is 16.0. The van der Waals surface area contributed by atoms with Crippen LogP contribution in [0.1, 0.15) is 65.7 Å². The Morgan fingerprint density at radius 3 is 2.16 bits per heavy atom. The van der Waals surface area contributed by atoms with Gasteiger partial charge in [-0.05, 0) is 33.1 Å². The first-order chi connectivity index (χ1) is 8.75. The normalized spacial score (nSPS) is 18.9. The van der Waals surface area contributed by atoms with Crippen molar-refractivity contribution in [3.63, 3.8) is 0 Å². The number of hydrogen-bond acceptors (Lipinski definition) is 2. The molecule has 0 saturated heterocycles. The summed E-state index contributed by atoms with van der Waals surface area (Å²) in [6, 6.07) is 0. The first-order valence-corrected chi connectivity index (χ1v) is 7.25. The molecule has 0 aromatic heterocycles. The summed E-state index contributed by atoms with van der Waals surface area (Å²) in [5.74, 6) is -0.848. The monoisotopic (exact) mass is 269 g/mol. The molecule has 0 atom stereocenters. The highest BCUT2D eigenvalue weighted by molar-refractivity contribution is 5.85. The van der Waals surface area contributed by atoms with Crippen molar-refractivity contribution in [2.24, 2.45) is 5.41 Å². The van der Waals surface area contributed by atoms with E-state index < -0.39 is 11.4 Å². The van der Waals surface area contributed by atoms with Gasteiger partial charge in [0, 0.05) is 19.0 Å². The second kappa shape index (κ2) is 5.93. The Balaban J connectivity index is 2.80. The van der Waals surface area contributed by atoms with E-state index in [1.807, 2.05) is 20.8 Å². The molecule has 4 nitrogen and oxygen atoms in total. The van der Waals surface area contributed by atoms with E-state index in [2.05, 4.69) is 0 Å². The lowest BCUT2D eigenvalue weighted by molar-refractivity contribution is -0.157. The van der Waals surface area contributed by atoms with E-state index in [1.54, 1.807) is 11.9 Å². The SMILES string of the molecule is CCC(C)(C)N(C)C(=O)CC1(C(=O)O)CCCCC1. The largest absolute Gasteiger partial charge is 0.481 e. The van der Waals surface area contributed by atoms with Crippen LogP contribution in [0, 0.1) is 5.41 Å². The molecule has 0 aromatic carbocycles. The fourth-order valence-corrected chi connectivity index (χ4v) is 2.68. The minimum Gasteiger partial charge on any atom is -0.481 e. The second-order valence-corrected chi connectivity index (χ2v) is 6.44. The van der Waals surface area contributed by atoms with Gasteiger partial charge in [0.25, 0.3) is 0 Å². The number of aliphatic carboxylic acids is 1. The maximum atomic E-state index is 12.4. The smallest absolute Gasteiger partial charge is 0.310 e. The van der Waals surface area contributed by atoms with Crippen molar-refractivity contribution in [3.8, 4) is 0 Å². The molecule has 1 saturated carbocycles. The van der Waals surface area contributed by atoms with Crippen molar-refractivity contribution in [1.82, 2.24) is 4.90 Å². The van der Waals surface area contributed by atoms with Crippen LogP contribution in [0.15, 0.2) is 0 Å². The van der Waals surface area contributed by atoms with Crippen molar-refractivity contribution < 1.29 is 14.7 Å². The molecule has 1 rings (SSSR count). The van der Waals surface area contributed by atoms with Gasteiger partial charge in [0.1, 0.15) is 0 Å². The zero-order valence-corrected chi connectivity index (χ0v) is 12.7. The summed E-state index contributed by atoms with van der Waals surface area (Å²) in [7, 11) is 1.78. The lowest BCUT2D eigenvalue weighted by Crippen LogP contribution is -2.47. The van der Waals surface area contributed by atoms with E-state index in [9.17, 15) is 14.7 Å². The molecule has 0 radical (unpaired) electrons. The Morgan fingerprint density at radius 2 is 1.74 bits per heavy atom. The van der Waals surface area contributed by atoms with Crippen LogP contribution >= 0.6 is 0 Å². The highest BCUT2D eigenvalue weighted by Gasteiger charge is 2.43. The second-order valence-electron chi connectivity index (χ2n) is 6.44. The lowest BCUT2D eigenvalue weighted by atomic mass is 9.71. The van der Waals surface area contributed by atoms with Gasteiger partial charge >= 0.3 is 5.97 Å². The van der Waals surface area contributed by atoms with E-state index >= 15 is 0 Å². The Kier molecular flexibility index (Phi) is 4.99. The van der Waals surface area contributed by atoms with Gasteiger partial charge in [-0.15, -0.1) is 0 Å². The molecule has 1 aliphatic carbocycles. The molecule has 19 heavy (non-hydrogen) atoms. The van der Waals surface area contributed by atoms with E-state index in [-0.39, 0.29) is 17.9 Å². The number of nitrogens with zero attached hydrogens (tertiary/aromatic N) is 1. The van der Waals surface area contributed by atoms with Gasteiger partial charge in [0.15, 0.2) is 0 Å². The summed E-state index contributed by atoms with van der Waals surface area (Å²) in [6.07, 6.45) is 5.18. The van der Waals surface area contributed by atoms with Crippen molar-refractivity contribution >= 4 is 11.9 Å². The molecule has 0 unspecified atom stereocenters. The van der Waals surface area contributed by atoms with Crippen LogP contribution in [0.25, 0.3) is 0 Å². The molecular formula is C15H27NO3. The van der Waals surface area contributed by atoms with E-state index in [0.717, 1.165) is 25.7 Å². The van der Waals surface area contributed by atoms with Gasteiger partial charge < -0.3 is 10.0 Å². The molecule has 1 fully saturated rings. The number of carboxylic acids is 1. The van der Waals surface area contributed by atoms with Gasteiger partial charge in [0.05, 0.1) is 5.41 Å². The van der Waals surface area contributed by atoms with E-state index in [1.165, 1.54) is 0 Å².